The maximum absolute atomic E-state index is 13.2. The molecule has 3 atom stereocenters. The molecule has 0 aromatic carbocycles. The maximum Gasteiger partial charge on any atom is 0.306 e. The first-order valence-corrected chi connectivity index (χ1v) is 27.5. The zero-order chi connectivity index (χ0) is 46.7. The first-order chi connectivity index (χ1) is 31.5. The number of hydrogen-bond acceptors (Lipinski definition) is 5. The summed E-state index contributed by atoms with van der Waals surface area (Å²) in [4.78, 5) is 26.2. The number of unbranched alkanes of at least 4 members (excludes halogenated alkanes) is 27. The lowest BCUT2D eigenvalue weighted by molar-refractivity contribution is -0.151. The molecular weight excluding hydrogens is 791 g/mol. The third kappa shape index (κ3) is 46.1. The number of aliphatic hydroxyl groups is 2. The number of ether oxygens (including phenoxy) is 1. The molecule has 0 aromatic heterocycles. The molecule has 0 heterocycles. The average molecular weight is 896 g/mol. The minimum absolute atomic E-state index is 0.0583. The van der Waals surface area contributed by atoms with Crippen LogP contribution in [0.1, 0.15) is 271 Å². The van der Waals surface area contributed by atoms with E-state index in [9.17, 15) is 19.8 Å². The van der Waals surface area contributed by atoms with Gasteiger partial charge < -0.3 is 20.3 Å². The van der Waals surface area contributed by atoms with E-state index in [-0.39, 0.29) is 24.9 Å². The van der Waals surface area contributed by atoms with Crippen LogP contribution in [0.3, 0.4) is 0 Å². The van der Waals surface area contributed by atoms with Crippen molar-refractivity contribution in [2.75, 3.05) is 6.61 Å². The van der Waals surface area contributed by atoms with Crippen LogP contribution in [0.5, 0.6) is 0 Å². The van der Waals surface area contributed by atoms with Gasteiger partial charge in [0, 0.05) is 6.42 Å². The van der Waals surface area contributed by atoms with Gasteiger partial charge in [-0.3, -0.25) is 9.59 Å². The number of rotatable bonds is 49. The highest BCUT2D eigenvalue weighted by Gasteiger charge is 2.24. The van der Waals surface area contributed by atoms with Crippen LogP contribution in [0.25, 0.3) is 0 Å². The number of carbonyl (C=O) groups excluding carboxylic acids is 2. The number of esters is 1. The van der Waals surface area contributed by atoms with Gasteiger partial charge >= 0.3 is 5.97 Å². The highest BCUT2D eigenvalue weighted by Crippen LogP contribution is 2.18. The van der Waals surface area contributed by atoms with Gasteiger partial charge in [-0.15, -0.1) is 0 Å². The first-order valence-electron chi connectivity index (χ1n) is 27.5. The molecule has 3 N–H and O–H groups in total. The predicted molar refractivity (Wildman–Crippen MR) is 278 cm³/mol. The summed E-state index contributed by atoms with van der Waals surface area (Å²) in [6.45, 7) is 6.43. The molecule has 1 amide bonds. The number of amides is 1. The van der Waals surface area contributed by atoms with Crippen LogP contribution in [-0.4, -0.2) is 46.9 Å². The zero-order valence-corrected chi connectivity index (χ0v) is 42.4. The van der Waals surface area contributed by atoms with E-state index in [1.165, 1.54) is 128 Å². The van der Waals surface area contributed by atoms with Crippen molar-refractivity contribution in [3.05, 3.63) is 60.8 Å². The molecule has 372 valence electrons. The van der Waals surface area contributed by atoms with E-state index in [1.54, 1.807) is 0 Å². The Morgan fingerprint density at radius 1 is 0.453 bits per heavy atom. The Balaban J connectivity index is 4.64. The molecule has 0 bridgehead atoms. The Kier molecular flexibility index (Phi) is 49.6. The molecule has 3 unspecified atom stereocenters. The molecule has 0 fully saturated rings. The number of nitrogens with one attached hydrogen (secondary N) is 1. The maximum atomic E-state index is 13.2. The highest BCUT2D eigenvalue weighted by molar-refractivity contribution is 5.77. The largest absolute Gasteiger partial charge is 0.462 e. The van der Waals surface area contributed by atoms with Gasteiger partial charge in [0.05, 0.1) is 25.2 Å². The molecule has 0 aromatic rings. The lowest BCUT2D eigenvalue weighted by Gasteiger charge is -2.24. The molecule has 0 rings (SSSR count). The van der Waals surface area contributed by atoms with Gasteiger partial charge in [0.2, 0.25) is 5.91 Å². The Labute approximate surface area is 397 Å². The average Bonchev–Trinajstić information content (AvgIpc) is 3.29. The summed E-state index contributed by atoms with van der Waals surface area (Å²) >= 11 is 0. The molecule has 0 spiro atoms. The summed E-state index contributed by atoms with van der Waals surface area (Å²) in [6.07, 6.45) is 64.2. The molecule has 64 heavy (non-hydrogen) atoms. The molecule has 6 nitrogen and oxygen atoms in total. The second kappa shape index (κ2) is 51.5. The molecule has 0 saturated heterocycles. The fraction of sp³-hybridized carbons (Fsp3) is 0.793. The molecule has 6 heteroatoms. The van der Waals surface area contributed by atoms with Gasteiger partial charge in [0.1, 0.15) is 6.10 Å². The molecule has 0 radical (unpaired) electrons. The summed E-state index contributed by atoms with van der Waals surface area (Å²) in [5.41, 5.74) is 0. The second-order valence-corrected chi connectivity index (χ2v) is 18.6. The van der Waals surface area contributed by atoms with Gasteiger partial charge in [-0.05, 0) is 96.3 Å². The van der Waals surface area contributed by atoms with Gasteiger partial charge in [-0.2, -0.15) is 0 Å². The van der Waals surface area contributed by atoms with Crippen LogP contribution >= 0.6 is 0 Å². The smallest absolute Gasteiger partial charge is 0.306 e. The van der Waals surface area contributed by atoms with Crippen molar-refractivity contribution in [2.24, 2.45) is 0 Å². The number of carbonyl (C=O) groups is 2. The van der Waals surface area contributed by atoms with Crippen LogP contribution in [0.15, 0.2) is 60.8 Å². The van der Waals surface area contributed by atoms with Crippen molar-refractivity contribution in [1.82, 2.24) is 5.32 Å². The van der Waals surface area contributed by atoms with E-state index in [2.05, 4.69) is 86.8 Å². The minimum atomic E-state index is -0.797. The van der Waals surface area contributed by atoms with E-state index in [0.29, 0.717) is 19.3 Å². The highest BCUT2D eigenvalue weighted by atomic mass is 16.5. The number of aliphatic hydroxyl groups excluding tert-OH is 2. The number of hydrogen-bond donors (Lipinski definition) is 3. The molecule has 0 saturated carbocycles. The summed E-state index contributed by atoms with van der Waals surface area (Å²) in [5.74, 6) is -0.508. The Morgan fingerprint density at radius 3 is 1.23 bits per heavy atom. The van der Waals surface area contributed by atoms with Crippen molar-refractivity contribution in [3.8, 4) is 0 Å². The zero-order valence-electron chi connectivity index (χ0n) is 42.4. The van der Waals surface area contributed by atoms with Crippen molar-refractivity contribution in [2.45, 2.75) is 289 Å². The summed E-state index contributed by atoms with van der Waals surface area (Å²) < 4.78 is 5.94. The fourth-order valence-electron chi connectivity index (χ4n) is 8.11. The van der Waals surface area contributed by atoms with Gasteiger partial charge in [-0.25, -0.2) is 0 Å². The van der Waals surface area contributed by atoms with Crippen LogP contribution < -0.4 is 5.32 Å². The SMILES string of the molecule is CCCCC/C=C\C/C=C\C/C=C\CCCCCCC(=O)OC(CCCCCCC/C=C\C/C=C\CCCCC)CC(=O)NC(CO)C(O)CCCCCCCCCCCCCCC. The van der Waals surface area contributed by atoms with Crippen molar-refractivity contribution < 1.29 is 24.5 Å². The third-order valence-electron chi connectivity index (χ3n) is 12.3. The quantitative estimate of drug-likeness (QED) is 0.0321. The first kappa shape index (κ1) is 61.6. The Morgan fingerprint density at radius 2 is 0.797 bits per heavy atom. The third-order valence-corrected chi connectivity index (χ3v) is 12.3. The summed E-state index contributed by atoms with van der Waals surface area (Å²) in [5, 5.41) is 23.8. The van der Waals surface area contributed by atoms with Crippen LogP contribution in [0, 0.1) is 0 Å². The molecule has 0 aliphatic carbocycles. The lowest BCUT2D eigenvalue weighted by Crippen LogP contribution is -2.46. The topological polar surface area (TPSA) is 95.9 Å². The Bertz CT molecular complexity index is 1140. The van der Waals surface area contributed by atoms with Crippen molar-refractivity contribution in [1.29, 1.82) is 0 Å². The normalized spacial score (nSPS) is 13.6. The monoisotopic (exact) mass is 896 g/mol. The predicted octanol–water partition coefficient (Wildman–Crippen LogP) is 16.8. The van der Waals surface area contributed by atoms with E-state index in [0.717, 1.165) is 96.3 Å². The molecule has 0 aliphatic rings. The van der Waals surface area contributed by atoms with E-state index in [1.807, 2.05) is 0 Å². The van der Waals surface area contributed by atoms with Crippen molar-refractivity contribution in [3.63, 3.8) is 0 Å². The fourth-order valence-corrected chi connectivity index (χ4v) is 8.11. The van der Waals surface area contributed by atoms with Gasteiger partial charge in [-0.1, -0.05) is 223 Å². The van der Waals surface area contributed by atoms with E-state index in [4.69, 9.17) is 4.74 Å². The van der Waals surface area contributed by atoms with Crippen LogP contribution in [0.4, 0.5) is 0 Å². The Hall–Kier alpha value is -2.44. The summed E-state index contributed by atoms with van der Waals surface area (Å²) in [7, 11) is 0. The molecular formula is C58H105NO5. The summed E-state index contributed by atoms with van der Waals surface area (Å²) in [6, 6.07) is -0.712. The van der Waals surface area contributed by atoms with E-state index < -0.39 is 18.2 Å². The van der Waals surface area contributed by atoms with Crippen molar-refractivity contribution >= 4 is 11.9 Å². The van der Waals surface area contributed by atoms with Gasteiger partial charge in [0.25, 0.3) is 0 Å². The van der Waals surface area contributed by atoms with Crippen LogP contribution in [-0.2, 0) is 14.3 Å². The number of allylic oxidation sites excluding steroid dienone is 10. The van der Waals surface area contributed by atoms with Gasteiger partial charge in [0.15, 0.2) is 0 Å². The van der Waals surface area contributed by atoms with E-state index >= 15 is 0 Å². The standard InChI is InChI=1S/C58H105NO5/c1-4-7-10-13-16-19-22-25-27-28-30-33-36-39-42-45-48-51-58(63)64-54(49-46-43-40-37-34-32-29-26-23-20-17-14-11-8-5-2)52-57(62)59-55(53-60)56(61)50-47-44-41-38-35-31-24-21-18-15-12-9-6-3/h16-17,19-20,25-27,29-30,33,54-56,60-61H,4-15,18,21-24,28,31-32,34-53H2,1-3H3,(H,59,62)/b19-16-,20-17-,27-25-,29-26-,33-30-. The second-order valence-electron chi connectivity index (χ2n) is 18.6. The minimum Gasteiger partial charge on any atom is -0.462 e. The van der Waals surface area contributed by atoms with Crippen LogP contribution in [0.2, 0.25) is 0 Å². The molecule has 0 aliphatic heterocycles. The lowest BCUT2D eigenvalue weighted by atomic mass is 10.0.